The summed E-state index contributed by atoms with van der Waals surface area (Å²) in [7, 11) is 0. The highest BCUT2D eigenvalue weighted by molar-refractivity contribution is 6.31. The molecule has 0 aliphatic carbocycles. The van der Waals surface area contributed by atoms with Gasteiger partial charge >= 0.3 is 6.18 Å². The maximum absolute atomic E-state index is 12.4. The minimum atomic E-state index is -4.46. The van der Waals surface area contributed by atoms with Crippen LogP contribution in [0, 0.1) is 0 Å². The lowest BCUT2D eigenvalue weighted by Crippen LogP contribution is -2.20. The number of rotatable bonds is 4. The zero-order chi connectivity index (χ0) is 18.0. The monoisotopic (exact) mass is 368 g/mol. The summed E-state index contributed by atoms with van der Waals surface area (Å²) >= 11 is 5.91. The number of hydrogen-bond acceptors (Lipinski definition) is 2. The molecule has 0 saturated heterocycles. The van der Waals surface area contributed by atoms with Gasteiger partial charge in [0, 0.05) is 15.9 Å². The quantitative estimate of drug-likeness (QED) is 0.679. The number of carbonyl (C=O) groups excluding carboxylic acids is 1. The van der Waals surface area contributed by atoms with Crippen LogP contribution in [0.25, 0.3) is 10.9 Å². The second-order valence-corrected chi connectivity index (χ2v) is 5.71. The zero-order valence-corrected chi connectivity index (χ0v) is 13.4. The van der Waals surface area contributed by atoms with E-state index >= 15 is 0 Å². The molecule has 1 heterocycles. The molecule has 1 aromatic heterocycles. The van der Waals surface area contributed by atoms with Crippen LogP contribution in [0.3, 0.4) is 0 Å². The molecule has 0 aliphatic heterocycles. The smallest absolute Gasteiger partial charge is 0.422 e. The molecule has 2 aromatic carbocycles. The van der Waals surface area contributed by atoms with Crippen LogP contribution in [0.1, 0.15) is 10.5 Å². The highest BCUT2D eigenvalue weighted by Crippen LogP contribution is 2.27. The number of hydrogen-bond donors (Lipinski definition) is 2. The summed E-state index contributed by atoms with van der Waals surface area (Å²) < 4.78 is 41.7. The molecule has 130 valence electrons. The average Bonchev–Trinajstić information content (AvgIpc) is 2.96. The van der Waals surface area contributed by atoms with Crippen molar-refractivity contribution in [1.29, 1.82) is 0 Å². The molecule has 0 atom stereocenters. The van der Waals surface area contributed by atoms with Crippen LogP contribution in [-0.2, 0) is 0 Å². The minimum Gasteiger partial charge on any atom is -0.482 e. The first kappa shape index (κ1) is 17.2. The molecule has 0 fully saturated rings. The fourth-order valence-corrected chi connectivity index (χ4v) is 2.45. The van der Waals surface area contributed by atoms with Gasteiger partial charge in [0.1, 0.15) is 11.4 Å². The second-order valence-electron chi connectivity index (χ2n) is 5.27. The fourth-order valence-electron chi connectivity index (χ4n) is 2.27. The van der Waals surface area contributed by atoms with E-state index in [1.165, 1.54) is 18.2 Å². The number of amides is 1. The third-order valence-corrected chi connectivity index (χ3v) is 3.59. The Hall–Kier alpha value is -2.67. The Morgan fingerprint density at radius 1 is 1.16 bits per heavy atom. The molecule has 0 saturated carbocycles. The summed E-state index contributed by atoms with van der Waals surface area (Å²) in [5.74, 6) is -0.567. The van der Waals surface area contributed by atoms with Crippen LogP contribution < -0.4 is 10.1 Å². The van der Waals surface area contributed by atoms with Crippen molar-refractivity contribution < 1.29 is 22.7 Å². The van der Waals surface area contributed by atoms with Gasteiger partial charge in [-0.2, -0.15) is 13.2 Å². The normalized spacial score (nSPS) is 11.5. The number of aromatic nitrogens is 1. The van der Waals surface area contributed by atoms with E-state index in [0.717, 1.165) is 10.9 Å². The molecular weight excluding hydrogens is 357 g/mol. The molecule has 3 aromatic rings. The summed E-state index contributed by atoms with van der Waals surface area (Å²) in [6.07, 6.45) is -4.46. The van der Waals surface area contributed by atoms with Gasteiger partial charge in [-0.3, -0.25) is 4.79 Å². The van der Waals surface area contributed by atoms with Gasteiger partial charge < -0.3 is 15.0 Å². The summed E-state index contributed by atoms with van der Waals surface area (Å²) in [4.78, 5) is 15.3. The number of ether oxygens (including phenoxy) is 1. The van der Waals surface area contributed by atoms with Crippen LogP contribution in [-0.4, -0.2) is 23.7 Å². The first-order valence-corrected chi connectivity index (χ1v) is 7.58. The number of halogens is 4. The SMILES string of the molecule is O=C(Nc1ccccc1OCC(F)(F)F)c1cc2cc(Cl)ccc2[nH]1. The Labute approximate surface area is 145 Å². The summed E-state index contributed by atoms with van der Waals surface area (Å²) in [5, 5.41) is 3.82. The van der Waals surface area contributed by atoms with E-state index in [1.54, 1.807) is 30.3 Å². The molecule has 2 N–H and O–H groups in total. The lowest BCUT2D eigenvalue weighted by molar-refractivity contribution is -0.153. The molecule has 0 radical (unpaired) electrons. The molecule has 3 rings (SSSR count). The number of benzene rings is 2. The minimum absolute atomic E-state index is 0.0627. The zero-order valence-electron chi connectivity index (χ0n) is 12.7. The molecule has 0 bridgehead atoms. The van der Waals surface area contributed by atoms with Gasteiger partial charge in [-0.05, 0) is 36.4 Å². The van der Waals surface area contributed by atoms with Gasteiger partial charge in [-0.25, -0.2) is 0 Å². The lowest BCUT2D eigenvalue weighted by Gasteiger charge is -2.13. The number of nitrogens with one attached hydrogen (secondary N) is 2. The number of aromatic amines is 1. The van der Waals surface area contributed by atoms with Crippen molar-refractivity contribution in [2.75, 3.05) is 11.9 Å². The van der Waals surface area contributed by atoms with Crippen LogP contribution in [0.5, 0.6) is 5.75 Å². The van der Waals surface area contributed by atoms with E-state index in [1.807, 2.05) is 0 Å². The van der Waals surface area contributed by atoms with Crippen molar-refractivity contribution in [2.24, 2.45) is 0 Å². The van der Waals surface area contributed by atoms with E-state index in [4.69, 9.17) is 16.3 Å². The summed E-state index contributed by atoms with van der Waals surface area (Å²) in [5.41, 5.74) is 1.12. The van der Waals surface area contributed by atoms with Gasteiger partial charge in [0.25, 0.3) is 5.91 Å². The van der Waals surface area contributed by atoms with E-state index in [0.29, 0.717) is 5.02 Å². The Bertz CT molecular complexity index is 922. The van der Waals surface area contributed by atoms with E-state index in [-0.39, 0.29) is 17.1 Å². The predicted octanol–water partition coefficient (Wildman–Crippen LogP) is 5.01. The van der Waals surface area contributed by atoms with Crippen LogP contribution >= 0.6 is 11.6 Å². The lowest BCUT2D eigenvalue weighted by atomic mass is 10.2. The van der Waals surface area contributed by atoms with E-state index in [2.05, 4.69) is 10.3 Å². The first-order valence-electron chi connectivity index (χ1n) is 7.20. The highest BCUT2D eigenvalue weighted by Gasteiger charge is 2.29. The van der Waals surface area contributed by atoms with Crippen LogP contribution in [0.15, 0.2) is 48.5 Å². The Balaban J connectivity index is 1.80. The van der Waals surface area contributed by atoms with Crippen molar-refractivity contribution in [1.82, 2.24) is 4.98 Å². The maximum Gasteiger partial charge on any atom is 0.422 e. The Kier molecular flexibility index (Phi) is 4.59. The molecule has 1 amide bonds. The predicted molar refractivity (Wildman–Crippen MR) is 89.3 cm³/mol. The third kappa shape index (κ3) is 4.24. The Morgan fingerprint density at radius 3 is 2.68 bits per heavy atom. The van der Waals surface area contributed by atoms with Gasteiger partial charge in [0.05, 0.1) is 5.69 Å². The van der Waals surface area contributed by atoms with Crippen molar-refractivity contribution in [3.63, 3.8) is 0 Å². The highest BCUT2D eigenvalue weighted by atomic mass is 35.5. The average molecular weight is 369 g/mol. The summed E-state index contributed by atoms with van der Waals surface area (Å²) in [6, 6.07) is 12.6. The third-order valence-electron chi connectivity index (χ3n) is 3.35. The number of alkyl halides is 3. The van der Waals surface area contributed by atoms with Crippen molar-refractivity contribution in [3.8, 4) is 5.75 Å². The molecule has 8 heteroatoms. The maximum atomic E-state index is 12.4. The van der Waals surface area contributed by atoms with Gasteiger partial charge in [0.15, 0.2) is 6.61 Å². The van der Waals surface area contributed by atoms with Crippen molar-refractivity contribution in [3.05, 3.63) is 59.2 Å². The van der Waals surface area contributed by atoms with Gasteiger partial charge in [0.2, 0.25) is 0 Å². The number of para-hydroxylation sites is 2. The van der Waals surface area contributed by atoms with E-state index in [9.17, 15) is 18.0 Å². The number of carbonyl (C=O) groups is 1. The second kappa shape index (κ2) is 6.68. The molecule has 0 unspecified atom stereocenters. The number of fused-ring (bicyclic) bond motifs is 1. The summed E-state index contributed by atoms with van der Waals surface area (Å²) in [6.45, 7) is -1.44. The topological polar surface area (TPSA) is 54.1 Å². The first-order chi connectivity index (χ1) is 11.8. The fraction of sp³-hybridized carbons (Fsp3) is 0.118. The number of H-pyrrole nitrogens is 1. The van der Waals surface area contributed by atoms with Gasteiger partial charge in [-0.1, -0.05) is 23.7 Å². The largest absolute Gasteiger partial charge is 0.482 e. The van der Waals surface area contributed by atoms with Crippen LogP contribution in [0.4, 0.5) is 18.9 Å². The van der Waals surface area contributed by atoms with Crippen LogP contribution in [0.2, 0.25) is 5.02 Å². The number of anilines is 1. The van der Waals surface area contributed by atoms with Gasteiger partial charge in [-0.15, -0.1) is 0 Å². The molecule has 0 aliphatic rings. The van der Waals surface area contributed by atoms with E-state index < -0.39 is 18.7 Å². The molecule has 4 nitrogen and oxygen atoms in total. The van der Waals surface area contributed by atoms with Crippen molar-refractivity contribution >= 4 is 34.1 Å². The molecule has 0 spiro atoms. The Morgan fingerprint density at radius 2 is 1.92 bits per heavy atom. The standard InChI is InChI=1S/C17H12ClF3N2O2/c18-11-5-6-12-10(7-11)8-14(22-12)16(24)23-13-3-1-2-4-15(13)25-9-17(19,20)21/h1-8,22H,9H2,(H,23,24). The molecular formula is C17H12ClF3N2O2. The van der Waals surface area contributed by atoms with Crippen molar-refractivity contribution in [2.45, 2.75) is 6.18 Å². The molecule has 25 heavy (non-hydrogen) atoms.